The molecule has 5 nitrogen and oxygen atoms in total. The lowest BCUT2D eigenvalue weighted by Gasteiger charge is -2.12. The Bertz CT molecular complexity index is 851. The first-order valence-electron chi connectivity index (χ1n) is 6.71. The predicted molar refractivity (Wildman–Crippen MR) is 89.2 cm³/mol. The molecule has 0 radical (unpaired) electrons. The number of halogens is 1. The molecule has 0 fully saturated rings. The van der Waals surface area contributed by atoms with Crippen LogP contribution in [0, 0.1) is 0 Å². The van der Waals surface area contributed by atoms with E-state index >= 15 is 0 Å². The second kappa shape index (κ2) is 5.69. The van der Waals surface area contributed by atoms with Gasteiger partial charge >= 0.3 is 0 Å². The fourth-order valence-electron chi connectivity index (χ4n) is 2.54. The molecule has 112 valence electrons. The van der Waals surface area contributed by atoms with Crippen molar-refractivity contribution in [1.82, 2.24) is 9.97 Å². The van der Waals surface area contributed by atoms with Gasteiger partial charge in [-0.25, -0.2) is 4.98 Å². The Kier molecular flexibility index (Phi) is 3.73. The Morgan fingerprint density at radius 2 is 1.91 bits per heavy atom. The van der Waals surface area contributed by atoms with Crippen LogP contribution in [0.15, 0.2) is 36.4 Å². The zero-order valence-electron chi connectivity index (χ0n) is 12.0. The Balaban J connectivity index is 2.14. The van der Waals surface area contributed by atoms with Gasteiger partial charge in [-0.1, -0.05) is 23.7 Å². The van der Waals surface area contributed by atoms with Gasteiger partial charge in [0.25, 0.3) is 0 Å². The van der Waals surface area contributed by atoms with Crippen LogP contribution in [0.2, 0.25) is 5.02 Å². The van der Waals surface area contributed by atoms with E-state index in [-0.39, 0.29) is 5.95 Å². The number of aromatic nitrogens is 2. The minimum Gasteiger partial charge on any atom is -0.496 e. The number of fused-ring (bicyclic) bond motifs is 1. The molecule has 0 aliphatic rings. The molecule has 0 atom stereocenters. The number of hydrogen-bond acceptors (Lipinski definition) is 5. The number of methoxy groups -OCH3 is 1. The third-order valence-corrected chi connectivity index (χ3v) is 3.71. The average Bonchev–Trinajstić information content (AvgIpc) is 2.47. The maximum atomic E-state index is 6.09. The Hall–Kier alpha value is -2.53. The summed E-state index contributed by atoms with van der Waals surface area (Å²) in [6.45, 7) is 0. The molecule has 3 aromatic rings. The lowest BCUT2D eigenvalue weighted by Crippen LogP contribution is -2.03. The number of hydrogen-bond donors (Lipinski definition) is 2. The van der Waals surface area contributed by atoms with Crippen molar-refractivity contribution in [3.8, 4) is 5.75 Å². The molecule has 3 rings (SSSR count). The van der Waals surface area contributed by atoms with E-state index in [1.54, 1.807) is 13.2 Å². The van der Waals surface area contributed by atoms with Crippen LogP contribution >= 0.6 is 11.6 Å². The minimum atomic E-state index is 0.169. The van der Waals surface area contributed by atoms with Crippen molar-refractivity contribution in [2.45, 2.75) is 6.42 Å². The van der Waals surface area contributed by atoms with Crippen molar-refractivity contribution in [3.05, 3.63) is 52.5 Å². The van der Waals surface area contributed by atoms with Gasteiger partial charge < -0.3 is 16.2 Å². The molecule has 1 heterocycles. The number of rotatable bonds is 3. The highest BCUT2D eigenvalue weighted by molar-refractivity contribution is 6.30. The van der Waals surface area contributed by atoms with Crippen molar-refractivity contribution in [2.24, 2.45) is 0 Å². The highest BCUT2D eigenvalue weighted by Crippen LogP contribution is 2.29. The van der Waals surface area contributed by atoms with Crippen molar-refractivity contribution < 1.29 is 4.74 Å². The molecule has 0 bridgehead atoms. The summed E-state index contributed by atoms with van der Waals surface area (Å²) < 4.78 is 5.39. The predicted octanol–water partition coefficient (Wildman–Crippen LogP) is 3.05. The van der Waals surface area contributed by atoms with Gasteiger partial charge in [-0.3, -0.25) is 0 Å². The monoisotopic (exact) mass is 314 g/mol. The summed E-state index contributed by atoms with van der Waals surface area (Å²) in [5.41, 5.74) is 14.4. The third-order valence-electron chi connectivity index (χ3n) is 3.48. The highest BCUT2D eigenvalue weighted by atomic mass is 35.5. The molecule has 1 aromatic heterocycles. The van der Waals surface area contributed by atoms with Crippen LogP contribution in [-0.4, -0.2) is 17.1 Å². The summed E-state index contributed by atoms with van der Waals surface area (Å²) in [6.07, 6.45) is 0.610. The Labute approximate surface area is 132 Å². The molecule has 0 saturated heterocycles. The Morgan fingerprint density at radius 3 is 2.68 bits per heavy atom. The quantitative estimate of drug-likeness (QED) is 0.776. The number of nitrogen functional groups attached to an aromatic ring is 2. The van der Waals surface area contributed by atoms with Crippen LogP contribution in [0.4, 0.5) is 11.8 Å². The second-order valence-corrected chi connectivity index (χ2v) is 5.35. The molecular weight excluding hydrogens is 300 g/mol. The number of nitrogens with zero attached hydrogens (tertiary/aromatic N) is 2. The number of anilines is 2. The van der Waals surface area contributed by atoms with Crippen molar-refractivity contribution in [1.29, 1.82) is 0 Å². The molecule has 0 unspecified atom stereocenters. The van der Waals surface area contributed by atoms with Crippen molar-refractivity contribution in [2.75, 3.05) is 18.6 Å². The highest BCUT2D eigenvalue weighted by Gasteiger charge is 2.11. The molecule has 0 spiro atoms. The summed E-state index contributed by atoms with van der Waals surface area (Å²) in [6, 6.07) is 11.3. The van der Waals surface area contributed by atoms with E-state index in [1.165, 1.54) is 0 Å². The zero-order valence-corrected chi connectivity index (χ0v) is 12.8. The van der Waals surface area contributed by atoms with Gasteiger partial charge in [0.05, 0.1) is 12.6 Å². The molecule has 4 N–H and O–H groups in total. The molecule has 0 aliphatic carbocycles. The first kappa shape index (κ1) is 14.4. The fourth-order valence-corrected chi connectivity index (χ4v) is 2.74. The van der Waals surface area contributed by atoms with Crippen molar-refractivity contribution in [3.63, 3.8) is 0 Å². The fraction of sp³-hybridized carbons (Fsp3) is 0.125. The van der Waals surface area contributed by atoms with Gasteiger partial charge in [-0.2, -0.15) is 4.98 Å². The van der Waals surface area contributed by atoms with Gasteiger partial charge in [-0.05, 0) is 35.4 Å². The summed E-state index contributed by atoms with van der Waals surface area (Å²) in [7, 11) is 1.63. The van der Waals surface area contributed by atoms with E-state index in [9.17, 15) is 0 Å². The molecule has 0 aliphatic heterocycles. The van der Waals surface area contributed by atoms with E-state index < -0.39 is 0 Å². The van der Waals surface area contributed by atoms with Crippen LogP contribution in [0.25, 0.3) is 10.9 Å². The minimum absolute atomic E-state index is 0.169. The van der Waals surface area contributed by atoms with Crippen LogP contribution in [0.3, 0.4) is 0 Å². The van der Waals surface area contributed by atoms with Gasteiger partial charge in [-0.15, -0.1) is 0 Å². The van der Waals surface area contributed by atoms with Crippen LogP contribution in [-0.2, 0) is 6.42 Å². The first-order valence-corrected chi connectivity index (χ1v) is 7.09. The zero-order chi connectivity index (χ0) is 15.7. The maximum Gasteiger partial charge on any atom is 0.222 e. The van der Waals surface area contributed by atoms with E-state index in [1.807, 2.05) is 30.3 Å². The summed E-state index contributed by atoms with van der Waals surface area (Å²) in [5, 5.41) is 1.46. The molecule has 2 aromatic carbocycles. The smallest absolute Gasteiger partial charge is 0.222 e. The van der Waals surface area contributed by atoms with E-state index in [0.29, 0.717) is 17.3 Å². The third kappa shape index (κ3) is 2.63. The molecule has 0 amide bonds. The van der Waals surface area contributed by atoms with Crippen molar-refractivity contribution >= 4 is 34.3 Å². The normalized spacial score (nSPS) is 10.8. The average molecular weight is 315 g/mol. The van der Waals surface area contributed by atoms with Gasteiger partial charge in [0.2, 0.25) is 5.95 Å². The lowest BCUT2D eigenvalue weighted by atomic mass is 10.00. The summed E-state index contributed by atoms with van der Waals surface area (Å²) >= 11 is 6.09. The van der Waals surface area contributed by atoms with Crippen LogP contribution in [0.5, 0.6) is 5.75 Å². The van der Waals surface area contributed by atoms with Gasteiger partial charge in [0, 0.05) is 16.8 Å². The first-order chi connectivity index (χ1) is 10.6. The number of ether oxygens (including phenoxy) is 1. The standard InChI is InChI=1S/C16H15ClN4O/c1-22-13-6-5-11(17)8-10(13)7-9-3-2-4-12-14(9)15(18)21-16(19)20-12/h2-6,8H,7H2,1H3,(H4,18,19,20,21). The van der Waals surface area contributed by atoms with Gasteiger partial charge in [0.15, 0.2) is 0 Å². The lowest BCUT2D eigenvalue weighted by molar-refractivity contribution is 0.410. The van der Waals surface area contributed by atoms with Gasteiger partial charge in [0.1, 0.15) is 11.6 Å². The molecular formula is C16H15ClN4O. The van der Waals surface area contributed by atoms with E-state index in [4.69, 9.17) is 27.8 Å². The van der Waals surface area contributed by atoms with Crippen LogP contribution < -0.4 is 16.2 Å². The molecule has 6 heteroatoms. The molecule has 22 heavy (non-hydrogen) atoms. The van der Waals surface area contributed by atoms with Crippen LogP contribution in [0.1, 0.15) is 11.1 Å². The largest absolute Gasteiger partial charge is 0.496 e. The van der Waals surface area contributed by atoms with E-state index in [2.05, 4.69) is 9.97 Å². The Morgan fingerprint density at radius 1 is 1.09 bits per heavy atom. The second-order valence-electron chi connectivity index (χ2n) is 4.91. The topological polar surface area (TPSA) is 87.0 Å². The summed E-state index contributed by atoms with van der Waals surface area (Å²) in [4.78, 5) is 8.28. The van der Waals surface area contributed by atoms with E-state index in [0.717, 1.165) is 27.8 Å². The maximum absolute atomic E-state index is 6.09. The SMILES string of the molecule is COc1ccc(Cl)cc1Cc1cccc2nc(N)nc(N)c12. The number of nitrogens with two attached hydrogens (primary N) is 2. The molecule has 0 saturated carbocycles. The summed E-state index contributed by atoms with van der Waals surface area (Å²) in [5.74, 6) is 1.32. The number of benzene rings is 2.